The third-order valence-electron chi connectivity index (χ3n) is 5.77. The Morgan fingerprint density at radius 1 is 1.09 bits per heavy atom. The largest absolute Gasteiger partial charge is 0.463 e. The smallest absolute Gasteiger partial charge is 0.305 e. The van der Waals surface area contributed by atoms with Crippen molar-refractivity contribution >= 4 is 23.0 Å². The van der Waals surface area contributed by atoms with Crippen molar-refractivity contribution in [3.63, 3.8) is 0 Å². The van der Waals surface area contributed by atoms with Gasteiger partial charge in [-0.15, -0.1) is 0 Å². The summed E-state index contributed by atoms with van der Waals surface area (Å²) in [6.07, 6.45) is 6.98. The number of carbonyl (C=O) groups excluding carboxylic acids is 1. The van der Waals surface area contributed by atoms with Gasteiger partial charge in [0.1, 0.15) is 31.2 Å². The van der Waals surface area contributed by atoms with E-state index in [9.17, 15) is 15.0 Å². The minimum atomic E-state index is -1.21. The second-order valence-corrected chi connectivity index (χ2v) is 8.52. The summed E-state index contributed by atoms with van der Waals surface area (Å²) in [6, 6.07) is 0. The van der Waals surface area contributed by atoms with E-state index in [2.05, 4.69) is 21.9 Å². The van der Waals surface area contributed by atoms with Crippen LogP contribution >= 0.6 is 0 Å². The molecule has 0 unspecified atom stereocenters. The molecular formula is C22H35N5O5. The van der Waals surface area contributed by atoms with E-state index in [4.69, 9.17) is 9.47 Å². The fraction of sp³-hybridized carbons (Fsp3) is 0.727. The third kappa shape index (κ3) is 5.73. The Morgan fingerprint density at radius 2 is 1.81 bits per heavy atom. The van der Waals surface area contributed by atoms with Crippen LogP contribution < -0.4 is 4.90 Å². The van der Waals surface area contributed by atoms with E-state index in [1.165, 1.54) is 38.3 Å². The molecule has 0 radical (unpaired) electrons. The SMILES string of the molecule is CCCCCCCCCC(=O)OC[C@H]1O[C@@H](n2cnc3c(N(C)C)ncnc32)[C@H](O)[C@@H]1O. The molecule has 0 amide bonds. The van der Waals surface area contributed by atoms with Crippen molar-refractivity contribution in [2.24, 2.45) is 0 Å². The molecule has 1 aliphatic rings. The van der Waals surface area contributed by atoms with E-state index in [0.717, 1.165) is 19.3 Å². The number of unbranched alkanes of at least 4 members (excludes halogenated alkanes) is 6. The number of rotatable bonds is 12. The number of hydrogen-bond donors (Lipinski definition) is 2. The van der Waals surface area contributed by atoms with Gasteiger partial charge in [-0.2, -0.15) is 0 Å². The number of anilines is 1. The second-order valence-electron chi connectivity index (χ2n) is 8.52. The maximum absolute atomic E-state index is 12.1. The first-order valence-electron chi connectivity index (χ1n) is 11.5. The zero-order valence-electron chi connectivity index (χ0n) is 19.2. The van der Waals surface area contributed by atoms with Crippen molar-refractivity contribution in [3.8, 4) is 0 Å². The molecule has 10 nitrogen and oxygen atoms in total. The third-order valence-corrected chi connectivity index (χ3v) is 5.77. The number of carbonyl (C=O) groups is 1. The molecule has 0 bridgehead atoms. The fourth-order valence-corrected chi connectivity index (χ4v) is 3.92. The first-order valence-corrected chi connectivity index (χ1v) is 11.5. The summed E-state index contributed by atoms with van der Waals surface area (Å²) in [4.78, 5) is 26.7. The van der Waals surface area contributed by atoms with Crippen LogP contribution in [0.2, 0.25) is 0 Å². The minimum Gasteiger partial charge on any atom is -0.463 e. The van der Waals surface area contributed by atoms with Gasteiger partial charge in [0.25, 0.3) is 0 Å². The predicted octanol–water partition coefficient (Wildman–Crippen LogP) is 2.20. The Labute approximate surface area is 188 Å². The number of imidazole rings is 1. The number of aromatic nitrogens is 4. The molecular weight excluding hydrogens is 414 g/mol. The monoisotopic (exact) mass is 449 g/mol. The molecule has 10 heteroatoms. The lowest BCUT2D eigenvalue weighted by Crippen LogP contribution is -2.34. The topological polar surface area (TPSA) is 123 Å². The van der Waals surface area contributed by atoms with Crippen molar-refractivity contribution < 1.29 is 24.5 Å². The highest BCUT2D eigenvalue weighted by Crippen LogP contribution is 2.32. The Kier molecular flexibility index (Phi) is 8.77. The lowest BCUT2D eigenvalue weighted by Gasteiger charge is -2.17. The average molecular weight is 450 g/mol. The molecule has 2 N–H and O–H groups in total. The van der Waals surface area contributed by atoms with Gasteiger partial charge in [0, 0.05) is 20.5 Å². The van der Waals surface area contributed by atoms with Crippen LogP contribution in [0.15, 0.2) is 12.7 Å². The van der Waals surface area contributed by atoms with Crippen LogP contribution in [-0.4, -0.2) is 74.7 Å². The molecule has 0 aliphatic carbocycles. The van der Waals surface area contributed by atoms with Gasteiger partial charge in [-0.3, -0.25) is 9.36 Å². The van der Waals surface area contributed by atoms with Gasteiger partial charge in [0.15, 0.2) is 23.2 Å². The Morgan fingerprint density at radius 3 is 2.53 bits per heavy atom. The van der Waals surface area contributed by atoms with Gasteiger partial charge in [-0.05, 0) is 6.42 Å². The van der Waals surface area contributed by atoms with Crippen molar-refractivity contribution in [2.45, 2.75) is 82.8 Å². The van der Waals surface area contributed by atoms with Gasteiger partial charge in [-0.25, -0.2) is 15.0 Å². The summed E-state index contributed by atoms with van der Waals surface area (Å²) in [7, 11) is 3.70. The molecule has 0 spiro atoms. The van der Waals surface area contributed by atoms with Gasteiger partial charge in [0.05, 0.1) is 6.33 Å². The van der Waals surface area contributed by atoms with E-state index in [-0.39, 0.29) is 12.6 Å². The Hall–Kier alpha value is -2.30. The molecule has 2 aromatic heterocycles. The molecule has 3 heterocycles. The lowest BCUT2D eigenvalue weighted by atomic mass is 10.1. The van der Waals surface area contributed by atoms with Crippen LogP contribution in [0.25, 0.3) is 11.2 Å². The van der Waals surface area contributed by atoms with Gasteiger partial charge >= 0.3 is 5.97 Å². The summed E-state index contributed by atoms with van der Waals surface area (Å²) in [6.45, 7) is 2.07. The van der Waals surface area contributed by atoms with Crippen LogP contribution in [0.4, 0.5) is 5.82 Å². The first kappa shape index (κ1) is 24.3. The summed E-state index contributed by atoms with van der Waals surface area (Å²) in [5, 5.41) is 21.0. The first-order chi connectivity index (χ1) is 15.4. The number of fused-ring (bicyclic) bond motifs is 1. The summed E-state index contributed by atoms with van der Waals surface area (Å²) in [5.74, 6) is 0.321. The van der Waals surface area contributed by atoms with E-state index < -0.39 is 24.5 Å². The van der Waals surface area contributed by atoms with Gasteiger partial charge in [-0.1, -0.05) is 45.4 Å². The fourth-order valence-electron chi connectivity index (χ4n) is 3.92. The zero-order chi connectivity index (χ0) is 23.1. The highest BCUT2D eigenvalue weighted by Gasteiger charge is 2.45. The van der Waals surface area contributed by atoms with Crippen LogP contribution in [0.5, 0.6) is 0 Å². The molecule has 0 saturated carbocycles. The number of aliphatic hydroxyl groups is 2. The summed E-state index contributed by atoms with van der Waals surface area (Å²) >= 11 is 0. The number of aliphatic hydroxyl groups excluding tert-OH is 2. The summed E-state index contributed by atoms with van der Waals surface area (Å²) in [5.41, 5.74) is 1.05. The number of hydrogen-bond acceptors (Lipinski definition) is 9. The van der Waals surface area contributed by atoms with Crippen molar-refractivity contribution in [1.29, 1.82) is 0 Å². The van der Waals surface area contributed by atoms with E-state index in [0.29, 0.717) is 23.4 Å². The minimum absolute atomic E-state index is 0.116. The van der Waals surface area contributed by atoms with Crippen molar-refractivity contribution in [2.75, 3.05) is 25.6 Å². The second kappa shape index (κ2) is 11.5. The van der Waals surface area contributed by atoms with Gasteiger partial charge < -0.3 is 24.6 Å². The standard InChI is InChI=1S/C22H35N5O5/c1-4-5-6-7-8-9-10-11-16(28)31-12-15-18(29)19(30)22(32-15)27-14-25-17-20(26(2)3)23-13-24-21(17)27/h13-15,18-19,22,29-30H,4-12H2,1-3H3/t15-,18-,19-,22-/m1/s1. The van der Waals surface area contributed by atoms with Crippen LogP contribution in [0.1, 0.15) is 64.5 Å². The van der Waals surface area contributed by atoms with Crippen LogP contribution in [-0.2, 0) is 14.3 Å². The van der Waals surface area contributed by atoms with E-state index >= 15 is 0 Å². The Balaban J connectivity index is 1.51. The van der Waals surface area contributed by atoms with Gasteiger partial charge in [0.2, 0.25) is 0 Å². The highest BCUT2D eigenvalue weighted by molar-refractivity contribution is 5.83. The molecule has 32 heavy (non-hydrogen) atoms. The molecule has 2 aromatic rings. The van der Waals surface area contributed by atoms with Crippen molar-refractivity contribution in [1.82, 2.24) is 19.5 Å². The highest BCUT2D eigenvalue weighted by atomic mass is 16.6. The van der Waals surface area contributed by atoms with E-state index in [1.807, 2.05) is 19.0 Å². The average Bonchev–Trinajstić information content (AvgIpc) is 3.32. The predicted molar refractivity (Wildman–Crippen MR) is 119 cm³/mol. The van der Waals surface area contributed by atoms with E-state index in [1.54, 1.807) is 4.57 Å². The maximum Gasteiger partial charge on any atom is 0.305 e. The lowest BCUT2D eigenvalue weighted by molar-refractivity contribution is -0.150. The molecule has 0 aromatic carbocycles. The Bertz CT molecular complexity index is 874. The quantitative estimate of drug-likeness (QED) is 0.371. The molecule has 3 rings (SSSR count). The number of ether oxygens (including phenoxy) is 2. The van der Waals surface area contributed by atoms with Crippen LogP contribution in [0.3, 0.4) is 0 Å². The molecule has 1 aliphatic heterocycles. The number of esters is 1. The number of nitrogens with zero attached hydrogens (tertiary/aromatic N) is 5. The van der Waals surface area contributed by atoms with Crippen LogP contribution in [0, 0.1) is 0 Å². The molecule has 1 fully saturated rings. The molecule has 4 atom stereocenters. The zero-order valence-corrected chi connectivity index (χ0v) is 19.2. The molecule has 1 saturated heterocycles. The normalized spacial score (nSPS) is 23.0. The maximum atomic E-state index is 12.1. The van der Waals surface area contributed by atoms with Crippen molar-refractivity contribution in [3.05, 3.63) is 12.7 Å². The molecule has 178 valence electrons. The summed E-state index contributed by atoms with van der Waals surface area (Å²) < 4.78 is 12.7.